The minimum atomic E-state index is 0.620. The standard InChI is InChI=1S/C13H18O2/c1-10(2)6-7-15-13-8-11(3)4-5-12(13)9-14/h4-5,8-10H,6-7H2,1-3H3. The molecule has 2 nitrogen and oxygen atoms in total. The summed E-state index contributed by atoms with van der Waals surface area (Å²) in [5, 5.41) is 0. The molecule has 1 aromatic carbocycles. The number of benzene rings is 1. The molecule has 82 valence electrons. The summed E-state index contributed by atoms with van der Waals surface area (Å²) in [6.07, 6.45) is 1.84. The minimum Gasteiger partial charge on any atom is -0.493 e. The summed E-state index contributed by atoms with van der Waals surface area (Å²) >= 11 is 0. The van der Waals surface area contributed by atoms with E-state index in [2.05, 4.69) is 13.8 Å². The highest BCUT2D eigenvalue weighted by atomic mass is 16.5. The van der Waals surface area contributed by atoms with Crippen LogP contribution in [0.2, 0.25) is 0 Å². The van der Waals surface area contributed by atoms with Crippen LogP contribution in [-0.2, 0) is 0 Å². The van der Waals surface area contributed by atoms with Gasteiger partial charge in [0.2, 0.25) is 0 Å². The predicted octanol–water partition coefficient (Wildman–Crippen LogP) is 3.23. The van der Waals surface area contributed by atoms with E-state index in [1.807, 2.05) is 19.1 Å². The van der Waals surface area contributed by atoms with Crippen molar-refractivity contribution in [2.45, 2.75) is 27.2 Å². The van der Waals surface area contributed by atoms with Crippen molar-refractivity contribution < 1.29 is 9.53 Å². The van der Waals surface area contributed by atoms with E-state index in [1.165, 1.54) is 0 Å². The number of aldehydes is 1. The molecule has 2 heteroatoms. The summed E-state index contributed by atoms with van der Waals surface area (Å²) < 4.78 is 5.59. The third-order valence-corrected chi connectivity index (χ3v) is 2.25. The molecule has 0 fully saturated rings. The number of carbonyl (C=O) groups excluding carboxylic acids is 1. The van der Waals surface area contributed by atoms with Crippen molar-refractivity contribution in [1.29, 1.82) is 0 Å². The van der Waals surface area contributed by atoms with Crippen LogP contribution >= 0.6 is 0 Å². The summed E-state index contributed by atoms with van der Waals surface area (Å²) in [7, 11) is 0. The molecular weight excluding hydrogens is 188 g/mol. The van der Waals surface area contributed by atoms with E-state index in [1.54, 1.807) is 6.07 Å². The van der Waals surface area contributed by atoms with Crippen LogP contribution in [-0.4, -0.2) is 12.9 Å². The van der Waals surface area contributed by atoms with Gasteiger partial charge in [-0.25, -0.2) is 0 Å². The molecule has 0 aliphatic carbocycles. The topological polar surface area (TPSA) is 26.3 Å². The average molecular weight is 206 g/mol. The van der Waals surface area contributed by atoms with Crippen molar-refractivity contribution in [1.82, 2.24) is 0 Å². The molecule has 0 radical (unpaired) electrons. The maximum Gasteiger partial charge on any atom is 0.153 e. The van der Waals surface area contributed by atoms with Crippen molar-refractivity contribution in [2.75, 3.05) is 6.61 Å². The molecule has 0 atom stereocenters. The van der Waals surface area contributed by atoms with Crippen LogP contribution < -0.4 is 4.74 Å². The van der Waals surface area contributed by atoms with E-state index in [0.717, 1.165) is 18.3 Å². The quantitative estimate of drug-likeness (QED) is 0.691. The van der Waals surface area contributed by atoms with E-state index in [-0.39, 0.29) is 0 Å². The zero-order chi connectivity index (χ0) is 11.3. The lowest BCUT2D eigenvalue weighted by molar-refractivity contribution is 0.111. The molecule has 15 heavy (non-hydrogen) atoms. The van der Waals surface area contributed by atoms with Gasteiger partial charge in [-0.05, 0) is 37.0 Å². The van der Waals surface area contributed by atoms with Crippen LogP contribution in [0.1, 0.15) is 36.2 Å². The lowest BCUT2D eigenvalue weighted by atomic mass is 10.1. The number of aryl methyl sites for hydroxylation is 1. The lowest BCUT2D eigenvalue weighted by Gasteiger charge is -2.10. The highest BCUT2D eigenvalue weighted by Crippen LogP contribution is 2.19. The molecule has 0 amide bonds. The van der Waals surface area contributed by atoms with Gasteiger partial charge in [-0.2, -0.15) is 0 Å². The number of rotatable bonds is 5. The molecule has 1 rings (SSSR count). The molecule has 0 aliphatic rings. The smallest absolute Gasteiger partial charge is 0.153 e. The Labute approximate surface area is 91.3 Å². The van der Waals surface area contributed by atoms with Crippen LogP contribution in [0.25, 0.3) is 0 Å². The first-order valence-electron chi connectivity index (χ1n) is 5.32. The lowest BCUT2D eigenvalue weighted by Crippen LogP contribution is -2.03. The number of hydrogen-bond donors (Lipinski definition) is 0. The van der Waals surface area contributed by atoms with E-state index in [0.29, 0.717) is 23.8 Å². The van der Waals surface area contributed by atoms with Crippen molar-refractivity contribution in [2.24, 2.45) is 5.92 Å². The Hall–Kier alpha value is -1.31. The second kappa shape index (κ2) is 5.54. The molecular formula is C13H18O2. The van der Waals surface area contributed by atoms with Gasteiger partial charge in [-0.15, -0.1) is 0 Å². The first-order chi connectivity index (χ1) is 7.13. The van der Waals surface area contributed by atoms with E-state index >= 15 is 0 Å². The van der Waals surface area contributed by atoms with Crippen molar-refractivity contribution in [3.8, 4) is 5.75 Å². The van der Waals surface area contributed by atoms with E-state index in [9.17, 15) is 4.79 Å². The molecule has 0 aliphatic heterocycles. The van der Waals surface area contributed by atoms with Crippen molar-refractivity contribution >= 4 is 6.29 Å². The fraction of sp³-hybridized carbons (Fsp3) is 0.462. The zero-order valence-electron chi connectivity index (χ0n) is 9.62. The van der Waals surface area contributed by atoms with Gasteiger partial charge >= 0.3 is 0 Å². The highest BCUT2D eigenvalue weighted by Gasteiger charge is 2.03. The molecule has 0 bridgehead atoms. The van der Waals surface area contributed by atoms with Crippen LogP contribution in [0, 0.1) is 12.8 Å². The Kier molecular flexibility index (Phi) is 4.35. The summed E-state index contributed by atoms with van der Waals surface area (Å²) in [5.74, 6) is 1.32. The van der Waals surface area contributed by atoms with E-state index < -0.39 is 0 Å². The summed E-state index contributed by atoms with van der Waals surface area (Å²) in [6.45, 7) is 6.96. The molecule has 0 saturated carbocycles. The number of carbonyl (C=O) groups is 1. The van der Waals surface area contributed by atoms with Gasteiger partial charge in [0.25, 0.3) is 0 Å². The Balaban J connectivity index is 2.66. The fourth-order valence-electron chi connectivity index (χ4n) is 1.27. The van der Waals surface area contributed by atoms with Crippen LogP contribution in [0.5, 0.6) is 5.75 Å². The first kappa shape index (κ1) is 11.8. The van der Waals surface area contributed by atoms with Gasteiger partial charge in [0.15, 0.2) is 6.29 Å². The third-order valence-electron chi connectivity index (χ3n) is 2.25. The number of ether oxygens (including phenoxy) is 1. The van der Waals surface area contributed by atoms with Gasteiger partial charge in [0.1, 0.15) is 5.75 Å². The first-order valence-corrected chi connectivity index (χ1v) is 5.32. The zero-order valence-corrected chi connectivity index (χ0v) is 9.62. The minimum absolute atomic E-state index is 0.620. The SMILES string of the molecule is Cc1ccc(C=O)c(OCCC(C)C)c1. The van der Waals surface area contributed by atoms with E-state index in [4.69, 9.17) is 4.74 Å². The molecule has 0 heterocycles. The largest absolute Gasteiger partial charge is 0.493 e. The normalized spacial score (nSPS) is 10.4. The second-order valence-electron chi connectivity index (χ2n) is 4.19. The fourth-order valence-corrected chi connectivity index (χ4v) is 1.27. The molecule has 0 aromatic heterocycles. The van der Waals surface area contributed by atoms with Gasteiger partial charge in [0, 0.05) is 0 Å². The molecule has 1 aromatic rings. The summed E-state index contributed by atoms with van der Waals surface area (Å²) in [6, 6.07) is 5.62. The summed E-state index contributed by atoms with van der Waals surface area (Å²) in [5.41, 5.74) is 1.74. The van der Waals surface area contributed by atoms with Gasteiger partial charge in [-0.3, -0.25) is 4.79 Å². The third kappa shape index (κ3) is 3.74. The highest BCUT2D eigenvalue weighted by molar-refractivity contribution is 5.79. The van der Waals surface area contributed by atoms with Gasteiger partial charge < -0.3 is 4.74 Å². The Morgan fingerprint density at radius 2 is 2.13 bits per heavy atom. The number of hydrogen-bond acceptors (Lipinski definition) is 2. The molecule has 0 unspecified atom stereocenters. The van der Waals surface area contributed by atoms with Gasteiger partial charge in [0.05, 0.1) is 12.2 Å². The second-order valence-corrected chi connectivity index (χ2v) is 4.19. The van der Waals surface area contributed by atoms with Crippen molar-refractivity contribution in [3.63, 3.8) is 0 Å². The molecule has 0 spiro atoms. The van der Waals surface area contributed by atoms with Gasteiger partial charge in [-0.1, -0.05) is 19.9 Å². The van der Waals surface area contributed by atoms with Crippen molar-refractivity contribution in [3.05, 3.63) is 29.3 Å². The Bertz CT molecular complexity index is 329. The monoisotopic (exact) mass is 206 g/mol. The molecule has 0 N–H and O–H groups in total. The predicted molar refractivity (Wildman–Crippen MR) is 61.5 cm³/mol. The molecule has 0 saturated heterocycles. The average Bonchev–Trinajstić information content (AvgIpc) is 2.17. The summed E-state index contributed by atoms with van der Waals surface area (Å²) in [4.78, 5) is 10.8. The Morgan fingerprint density at radius 1 is 1.40 bits per heavy atom. The van der Waals surface area contributed by atoms with Crippen LogP contribution in [0.4, 0.5) is 0 Å². The maximum absolute atomic E-state index is 10.8. The Morgan fingerprint density at radius 3 is 2.73 bits per heavy atom. The van der Waals surface area contributed by atoms with Crippen LogP contribution in [0.3, 0.4) is 0 Å². The maximum atomic E-state index is 10.8. The van der Waals surface area contributed by atoms with Crippen LogP contribution in [0.15, 0.2) is 18.2 Å².